The van der Waals surface area contributed by atoms with Gasteiger partial charge in [-0.05, 0) is 17.7 Å². The number of aromatic nitrogens is 1. The molecule has 1 aliphatic heterocycles. The lowest BCUT2D eigenvalue weighted by Gasteiger charge is -2.35. The lowest BCUT2D eigenvalue weighted by atomic mass is 9.94. The van der Waals surface area contributed by atoms with Gasteiger partial charge < -0.3 is 19.8 Å². The quantitative estimate of drug-likeness (QED) is 0.556. The van der Waals surface area contributed by atoms with E-state index in [9.17, 15) is 4.39 Å². The van der Waals surface area contributed by atoms with Crippen molar-refractivity contribution in [3.8, 4) is 0 Å². The minimum atomic E-state index is -0.231. The maximum atomic E-state index is 13.4. The smallest absolute Gasteiger partial charge is 0.213 e. The number of morpholine rings is 1. The van der Waals surface area contributed by atoms with Crippen molar-refractivity contribution in [2.75, 3.05) is 39.9 Å². The van der Waals surface area contributed by atoms with Crippen molar-refractivity contribution in [2.24, 2.45) is 4.99 Å². The Morgan fingerprint density at radius 1 is 1.20 bits per heavy atom. The summed E-state index contributed by atoms with van der Waals surface area (Å²) in [5.74, 6) is 1.90. The molecule has 1 fully saturated rings. The van der Waals surface area contributed by atoms with E-state index in [1.54, 1.807) is 13.2 Å². The molecule has 1 atom stereocenters. The summed E-state index contributed by atoms with van der Waals surface area (Å²) in [6, 6.07) is 6.78. The van der Waals surface area contributed by atoms with Gasteiger partial charge in [-0.25, -0.2) is 9.37 Å². The maximum absolute atomic E-state index is 13.4. The van der Waals surface area contributed by atoms with Crippen molar-refractivity contribution in [3.63, 3.8) is 0 Å². The zero-order valence-corrected chi connectivity index (χ0v) is 18.2. The molecule has 0 spiro atoms. The lowest BCUT2D eigenvalue weighted by molar-refractivity contribution is 0.0170. The van der Waals surface area contributed by atoms with Crippen molar-refractivity contribution < 1.29 is 13.5 Å². The van der Waals surface area contributed by atoms with Crippen LogP contribution in [0.1, 0.15) is 44.0 Å². The van der Waals surface area contributed by atoms with E-state index in [1.165, 1.54) is 12.1 Å². The number of oxazole rings is 1. The zero-order valence-electron chi connectivity index (χ0n) is 18.2. The summed E-state index contributed by atoms with van der Waals surface area (Å²) < 4.78 is 24.7. The molecule has 0 aliphatic carbocycles. The molecule has 30 heavy (non-hydrogen) atoms. The van der Waals surface area contributed by atoms with Gasteiger partial charge in [0.1, 0.15) is 11.6 Å². The minimum absolute atomic E-state index is 0.0777. The Morgan fingerprint density at radius 3 is 2.50 bits per heavy atom. The van der Waals surface area contributed by atoms with Crippen LogP contribution in [-0.4, -0.2) is 55.7 Å². The molecule has 1 aromatic heterocycles. The summed E-state index contributed by atoms with van der Waals surface area (Å²) in [6.45, 7) is 10.4. The number of ether oxygens (including phenoxy) is 1. The van der Waals surface area contributed by atoms with Gasteiger partial charge in [-0.2, -0.15) is 0 Å². The second-order valence-corrected chi connectivity index (χ2v) is 8.39. The molecule has 0 radical (unpaired) electrons. The number of aliphatic imine (C=N–C) groups is 1. The summed E-state index contributed by atoms with van der Waals surface area (Å²) in [5.41, 5.74) is 0.981. The molecule has 164 valence electrons. The van der Waals surface area contributed by atoms with Gasteiger partial charge in [-0.1, -0.05) is 32.9 Å². The van der Waals surface area contributed by atoms with Crippen molar-refractivity contribution >= 4 is 5.96 Å². The van der Waals surface area contributed by atoms with E-state index < -0.39 is 0 Å². The normalized spacial score (nSPS) is 17.0. The van der Waals surface area contributed by atoms with E-state index >= 15 is 0 Å². The molecular formula is C22H32FN5O2. The third-order valence-electron chi connectivity index (χ3n) is 5.13. The number of hydrogen-bond donors (Lipinski definition) is 2. The number of nitrogens with one attached hydrogen (secondary N) is 2. The Morgan fingerprint density at radius 2 is 1.90 bits per heavy atom. The molecule has 8 heteroatoms. The van der Waals surface area contributed by atoms with E-state index in [1.807, 2.05) is 12.1 Å². The van der Waals surface area contributed by atoms with E-state index in [-0.39, 0.29) is 17.3 Å². The van der Waals surface area contributed by atoms with Crippen LogP contribution >= 0.6 is 0 Å². The number of nitrogens with zero attached hydrogens (tertiary/aromatic N) is 3. The lowest BCUT2D eigenvalue weighted by Crippen LogP contribution is -2.46. The van der Waals surface area contributed by atoms with Gasteiger partial charge in [0.15, 0.2) is 5.96 Å². The summed E-state index contributed by atoms with van der Waals surface area (Å²) >= 11 is 0. The van der Waals surface area contributed by atoms with Gasteiger partial charge in [0, 0.05) is 32.1 Å². The molecule has 1 aromatic carbocycles. The average molecular weight is 418 g/mol. The van der Waals surface area contributed by atoms with Crippen molar-refractivity contribution in [2.45, 2.75) is 38.8 Å². The Labute approximate surface area is 177 Å². The summed E-state index contributed by atoms with van der Waals surface area (Å²) in [5, 5.41) is 6.63. The maximum Gasteiger partial charge on any atom is 0.213 e. The van der Waals surface area contributed by atoms with Gasteiger partial charge in [0.05, 0.1) is 32.0 Å². The largest absolute Gasteiger partial charge is 0.443 e. The first kappa shape index (κ1) is 22.2. The molecule has 0 bridgehead atoms. The first-order valence-electron chi connectivity index (χ1n) is 10.3. The van der Waals surface area contributed by atoms with Gasteiger partial charge >= 0.3 is 0 Å². The van der Waals surface area contributed by atoms with Crippen LogP contribution in [0, 0.1) is 5.82 Å². The number of hydrogen-bond acceptors (Lipinski definition) is 5. The fraction of sp³-hybridized carbons (Fsp3) is 0.545. The van der Waals surface area contributed by atoms with Gasteiger partial charge in [-0.15, -0.1) is 0 Å². The molecule has 1 aliphatic rings. The highest BCUT2D eigenvalue weighted by Gasteiger charge is 2.23. The molecule has 2 aromatic rings. The molecule has 3 rings (SSSR count). The van der Waals surface area contributed by atoms with Gasteiger partial charge in [-0.3, -0.25) is 9.89 Å². The molecule has 2 heterocycles. The van der Waals surface area contributed by atoms with Crippen LogP contribution < -0.4 is 10.6 Å². The third kappa shape index (κ3) is 6.03. The predicted octanol–water partition coefficient (Wildman–Crippen LogP) is 2.85. The highest BCUT2D eigenvalue weighted by molar-refractivity contribution is 5.79. The highest BCUT2D eigenvalue weighted by Crippen LogP contribution is 2.23. The highest BCUT2D eigenvalue weighted by atomic mass is 19.1. The fourth-order valence-electron chi connectivity index (χ4n) is 3.34. The minimum Gasteiger partial charge on any atom is -0.443 e. The molecule has 0 saturated carbocycles. The van der Waals surface area contributed by atoms with Crippen LogP contribution in [0.25, 0.3) is 0 Å². The number of guanidine groups is 1. The topological polar surface area (TPSA) is 74.9 Å². The van der Waals surface area contributed by atoms with Crippen LogP contribution in [0.15, 0.2) is 39.9 Å². The summed E-state index contributed by atoms with van der Waals surface area (Å²) in [4.78, 5) is 11.0. The fourth-order valence-corrected chi connectivity index (χ4v) is 3.34. The van der Waals surface area contributed by atoms with Gasteiger partial charge in [0.2, 0.25) is 5.89 Å². The molecule has 0 amide bonds. The van der Waals surface area contributed by atoms with E-state index in [2.05, 4.69) is 46.3 Å². The first-order valence-corrected chi connectivity index (χ1v) is 10.3. The monoisotopic (exact) mass is 417 g/mol. The third-order valence-corrected chi connectivity index (χ3v) is 5.13. The molecule has 1 saturated heterocycles. The zero-order chi connectivity index (χ0) is 21.6. The van der Waals surface area contributed by atoms with Crippen LogP contribution in [0.3, 0.4) is 0 Å². The Balaban J connectivity index is 1.61. The molecule has 2 N–H and O–H groups in total. The van der Waals surface area contributed by atoms with Crippen molar-refractivity contribution in [1.29, 1.82) is 0 Å². The average Bonchev–Trinajstić information content (AvgIpc) is 3.22. The summed E-state index contributed by atoms with van der Waals surface area (Å²) in [6.07, 6.45) is 1.77. The van der Waals surface area contributed by atoms with Crippen LogP contribution in [-0.2, 0) is 16.7 Å². The van der Waals surface area contributed by atoms with E-state index in [0.29, 0.717) is 38.2 Å². The second-order valence-electron chi connectivity index (χ2n) is 8.39. The van der Waals surface area contributed by atoms with Crippen LogP contribution in [0.2, 0.25) is 0 Å². The Hall–Kier alpha value is -2.45. The number of benzene rings is 1. The first-order chi connectivity index (χ1) is 14.4. The second kappa shape index (κ2) is 10.0. The standard InChI is InChI=1S/C22H32FN5O2/c1-22(2,3)19-14-25-20(30-19)15-27-21(24-4)26-13-18(28-9-11-29-12-10-28)16-5-7-17(23)8-6-16/h5-8,14,18H,9-13,15H2,1-4H3,(H2,24,26,27). The van der Waals surface area contributed by atoms with Crippen molar-refractivity contribution in [3.05, 3.63) is 53.5 Å². The molecular weight excluding hydrogens is 385 g/mol. The molecule has 7 nitrogen and oxygen atoms in total. The van der Waals surface area contributed by atoms with E-state index in [0.717, 1.165) is 24.4 Å². The van der Waals surface area contributed by atoms with Crippen LogP contribution in [0.4, 0.5) is 4.39 Å². The number of rotatable bonds is 6. The van der Waals surface area contributed by atoms with Crippen molar-refractivity contribution in [1.82, 2.24) is 20.5 Å². The Kier molecular flexibility index (Phi) is 7.44. The predicted molar refractivity (Wildman–Crippen MR) is 115 cm³/mol. The Bertz CT molecular complexity index is 823. The van der Waals surface area contributed by atoms with Gasteiger partial charge in [0.25, 0.3) is 0 Å². The SMILES string of the molecule is CN=C(NCc1ncc(C(C)(C)C)o1)NCC(c1ccc(F)cc1)N1CCOCC1. The number of halogens is 1. The summed E-state index contributed by atoms with van der Waals surface area (Å²) in [7, 11) is 1.73. The molecule has 1 unspecified atom stereocenters. The van der Waals surface area contributed by atoms with E-state index in [4.69, 9.17) is 9.15 Å². The van der Waals surface area contributed by atoms with Crippen LogP contribution in [0.5, 0.6) is 0 Å².